The minimum absolute atomic E-state index is 0.0228. The van der Waals surface area contributed by atoms with Crippen LogP contribution in [-0.4, -0.2) is 98.6 Å². The number of methoxy groups -OCH3 is 3. The summed E-state index contributed by atoms with van der Waals surface area (Å²) >= 11 is 0. The molecule has 1 N–H and O–H groups in total. The van der Waals surface area contributed by atoms with Crippen LogP contribution in [0.2, 0.25) is 0 Å². The van der Waals surface area contributed by atoms with Crippen molar-refractivity contribution in [2.45, 2.75) is 43.7 Å². The molecule has 8 rings (SSSR count). The number of carbonyl (C=O) groups is 2. The Morgan fingerprint density at radius 1 is 0.911 bits per heavy atom. The number of piperazine rings is 1. The van der Waals surface area contributed by atoms with Gasteiger partial charge in [0.05, 0.1) is 32.6 Å². The molecule has 236 valence electrons. The van der Waals surface area contributed by atoms with E-state index in [0.717, 1.165) is 48.6 Å². The van der Waals surface area contributed by atoms with Gasteiger partial charge in [0.2, 0.25) is 0 Å². The maximum atomic E-state index is 14.1. The first kappa shape index (κ1) is 28.3. The van der Waals surface area contributed by atoms with E-state index in [2.05, 4.69) is 29.9 Å². The summed E-state index contributed by atoms with van der Waals surface area (Å²) in [5, 5.41) is 0. The highest BCUT2D eigenvalue weighted by Crippen LogP contribution is 2.67. The van der Waals surface area contributed by atoms with Gasteiger partial charge in [0, 0.05) is 49.3 Å². The number of benzene rings is 2. The summed E-state index contributed by atoms with van der Waals surface area (Å²) in [5.74, 6) is 3.04. The minimum Gasteiger partial charge on any atom is -0.497 e. The van der Waals surface area contributed by atoms with Crippen molar-refractivity contribution in [3.8, 4) is 23.0 Å². The van der Waals surface area contributed by atoms with E-state index in [0.29, 0.717) is 60.9 Å². The standard InChI is InChI=1S/C35H40N4O6/c1-19-23-18-24-25-16-20-6-9-26(43-4)31-28(20)35(24,10-11-37(25)2)32(45-31)30(23)36-29(19)34(41)39-14-12-38(13-15-39)33(40)22-8-7-21(42-3)17-27(22)44-5/h6-9,17,24-25,32,36H,10-16,18H2,1-5H3/t24?,25-,32+,35+/m1/s1. The average Bonchev–Trinajstić information content (AvgIpc) is 3.59. The molecule has 0 radical (unpaired) electrons. The lowest BCUT2D eigenvalue weighted by atomic mass is 9.51. The lowest BCUT2D eigenvalue weighted by Crippen LogP contribution is -2.62. The average molecular weight is 613 g/mol. The monoisotopic (exact) mass is 612 g/mol. The van der Waals surface area contributed by atoms with Gasteiger partial charge in [-0.1, -0.05) is 6.07 Å². The van der Waals surface area contributed by atoms with Crippen LogP contribution in [0.5, 0.6) is 23.0 Å². The molecule has 2 aromatic carbocycles. The smallest absolute Gasteiger partial charge is 0.270 e. The van der Waals surface area contributed by atoms with E-state index in [4.69, 9.17) is 18.9 Å². The number of likely N-dealkylation sites (N-methyl/N-ethyl adjacent to an activating group) is 1. The predicted molar refractivity (Wildman–Crippen MR) is 167 cm³/mol. The third-order valence-electron chi connectivity index (χ3n) is 11.4. The van der Waals surface area contributed by atoms with Crippen LogP contribution in [0.15, 0.2) is 30.3 Å². The third-order valence-corrected chi connectivity index (χ3v) is 11.4. The molecule has 1 spiro atoms. The second-order valence-electron chi connectivity index (χ2n) is 13.1. The molecule has 2 bridgehead atoms. The van der Waals surface area contributed by atoms with Crippen molar-refractivity contribution in [2.24, 2.45) is 5.92 Å². The van der Waals surface area contributed by atoms with Gasteiger partial charge in [-0.2, -0.15) is 0 Å². The fourth-order valence-corrected chi connectivity index (χ4v) is 9.07. The molecule has 3 aromatic rings. The molecule has 5 aliphatic rings. The number of H-pyrrole nitrogens is 1. The van der Waals surface area contributed by atoms with Crippen molar-refractivity contribution >= 4 is 11.8 Å². The van der Waals surface area contributed by atoms with Crippen LogP contribution < -0.4 is 18.9 Å². The molecule has 2 amide bonds. The van der Waals surface area contributed by atoms with Gasteiger partial charge in [-0.15, -0.1) is 0 Å². The van der Waals surface area contributed by atoms with Gasteiger partial charge in [-0.05, 0) is 80.6 Å². The molecule has 0 saturated carbocycles. The first-order valence-corrected chi connectivity index (χ1v) is 15.9. The van der Waals surface area contributed by atoms with Gasteiger partial charge in [0.15, 0.2) is 11.5 Å². The van der Waals surface area contributed by atoms with Crippen molar-refractivity contribution in [2.75, 3.05) is 61.1 Å². The summed E-state index contributed by atoms with van der Waals surface area (Å²) in [5.41, 5.74) is 6.98. The van der Waals surface area contributed by atoms with Gasteiger partial charge in [-0.3, -0.25) is 9.59 Å². The highest BCUT2D eigenvalue weighted by molar-refractivity contribution is 5.98. The van der Waals surface area contributed by atoms with Crippen molar-refractivity contribution in [3.63, 3.8) is 0 Å². The Balaban J connectivity index is 1.07. The zero-order chi connectivity index (χ0) is 31.2. The van der Waals surface area contributed by atoms with Gasteiger partial charge >= 0.3 is 0 Å². The van der Waals surface area contributed by atoms with Crippen LogP contribution in [0, 0.1) is 12.8 Å². The Morgan fingerprint density at radius 2 is 1.64 bits per heavy atom. The van der Waals surface area contributed by atoms with E-state index >= 15 is 0 Å². The van der Waals surface area contributed by atoms with Crippen molar-refractivity contribution < 1.29 is 28.5 Å². The van der Waals surface area contributed by atoms with Gasteiger partial charge in [0.1, 0.15) is 23.3 Å². The SMILES string of the molecule is COc1ccc(C(=O)N2CCN(C(=O)c3[nH]c4c(c3C)CC3[C@H]5Cc6ccc(OC)c7c6[C@@]3(CCN5C)[C@H]4O7)CC2)c(OC)c1. The van der Waals surface area contributed by atoms with Crippen molar-refractivity contribution in [1.82, 2.24) is 19.7 Å². The highest BCUT2D eigenvalue weighted by atomic mass is 16.5. The second kappa shape index (κ2) is 10.2. The van der Waals surface area contributed by atoms with Crippen LogP contribution in [0.4, 0.5) is 0 Å². The second-order valence-corrected chi connectivity index (χ2v) is 13.1. The minimum atomic E-state index is -0.179. The van der Waals surface area contributed by atoms with E-state index in [-0.39, 0.29) is 23.3 Å². The molecule has 3 aliphatic heterocycles. The molecule has 2 fully saturated rings. The van der Waals surface area contributed by atoms with Crippen molar-refractivity contribution in [3.05, 3.63) is 69.5 Å². The van der Waals surface area contributed by atoms with Gasteiger partial charge < -0.3 is 38.6 Å². The molecule has 10 heteroatoms. The fraction of sp³-hybridized carbons (Fsp3) is 0.486. The van der Waals surface area contributed by atoms with Gasteiger partial charge in [-0.25, -0.2) is 0 Å². The number of hydrogen-bond acceptors (Lipinski definition) is 7. The summed E-state index contributed by atoms with van der Waals surface area (Å²) in [6, 6.07) is 9.91. The zero-order valence-corrected chi connectivity index (χ0v) is 26.6. The predicted octanol–water partition coefficient (Wildman–Crippen LogP) is 3.75. The summed E-state index contributed by atoms with van der Waals surface area (Å²) in [7, 11) is 7.09. The van der Waals surface area contributed by atoms with Crippen LogP contribution in [-0.2, 0) is 18.3 Å². The Bertz CT molecular complexity index is 1730. The first-order valence-electron chi connectivity index (χ1n) is 15.9. The van der Waals surface area contributed by atoms with Crippen LogP contribution in [0.3, 0.4) is 0 Å². The summed E-state index contributed by atoms with van der Waals surface area (Å²) in [4.78, 5) is 37.3. The van der Waals surface area contributed by atoms with E-state index in [1.54, 1.807) is 44.4 Å². The molecule has 4 atom stereocenters. The molecular weight excluding hydrogens is 572 g/mol. The number of nitrogens with one attached hydrogen (secondary N) is 1. The first-order chi connectivity index (χ1) is 21.8. The molecule has 1 aromatic heterocycles. The number of aromatic nitrogens is 1. The Hall–Kier alpha value is -4.18. The van der Waals surface area contributed by atoms with Crippen molar-refractivity contribution in [1.29, 1.82) is 0 Å². The normalized spacial score (nSPS) is 26.1. The summed E-state index contributed by atoms with van der Waals surface area (Å²) < 4.78 is 23.5. The lowest BCUT2D eigenvalue weighted by Gasteiger charge is -2.57. The van der Waals surface area contributed by atoms with E-state index < -0.39 is 0 Å². The maximum absolute atomic E-state index is 14.1. The molecule has 4 heterocycles. The van der Waals surface area contributed by atoms with Crippen LogP contribution >= 0.6 is 0 Å². The number of piperidine rings is 1. The third kappa shape index (κ3) is 3.84. The zero-order valence-electron chi connectivity index (χ0n) is 26.6. The van der Waals surface area contributed by atoms with Gasteiger partial charge in [0.25, 0.3) is 11.8 Å². The molecule has 10 nitrogen and oxygen atoms in total. The number of aromatic amines is 1. The maximum Gasteiger partial charge on any atom is 0.270 e. The van der Waals surface area contributed by atoms with E-state index in [1.807, 2.05) is 11.0 Å². The highest BCUT2D eigenvalue weighted by Gasteiger charge is 2.65. The summed E-state index contributed by atoms with van der Waals surface area (Å²) in [6.45, 7) is 4.90. The number of nitrogens with zero attached hydrogens (tertiary/aromatic N) is 3. The number of fused-ring (bicyclic) bond motifs is 2. The van der Waals surface area contributed by atoms with E-state index in [1.165, 1.54) is 16.7 Å². The van der Waals surface area contributed by atoms with Crippen LogP contribution in [0.1, 0.15) is 61.3 Å². The molecule has 2 aliphatic carbocycles. The number of amides is 2. The lowest BCUT2D eigenvalue weighted by molar-refractivity contribution is -0.0256. The number of ether oxygens (including phenoxy) is 4. The van der Waals surface area contributed by atoms with E-state index in [9.17, 15) is 9.59 Å². The number of hydrogen-bond donors (Lipinski definition) is 1. The fourth-order valence-electron chi connectivity index (χ4n) is 9.07. The topological polar surface area (TPSA) is 96.6 Å². The number of likely N-dealkylation sites (tertiary alicyclic amines) is 1. The number of rotatable bonds is 5. The van der Waals surface area contributed by atoms with Crippen LogP contribution in [0.25, 0.3) is 0 Å². The Kier molecular flexibility index (Phi) is 6.40. The number of carbonyl (C=O) groups excluding carboxylic acids is 2. The quantitative estimate of drug-likeness (QED) is 0.469. The molecule has 1 unspecified atom stereocenters. The Labute approximate surface area is 263 Å². The molecule has 45 heavy (non-hydrogen) atoms. The largest absolute Gasteiger partial charge is 0.497 e. The summed E-state index contributed by atoms with van der Waals surface area (Å²) in [6.07, 6.45) is 2.75. The Morgan fingerprint density at radius 3 is 2.36 bits per heavy atom. The molecular formula is C35H40N4O6. The molecule has 2 saturated heterocycles.